The lowest BCUT2D eigenvalue weighted by Gasteiger charge is -2.28. The minimum absolute atomic E-state index is 0.00113. The maximum Gasteiger partial charge on any atom is 0.310 e. The lowest BCUT2D eigenvalue weighted by Crippen LogP contribution is -2.42. The van der Waals surface area contributed by atoms with Gasteiger partial charge < -0.3 is 15.2 Å². The summed E-state index contributed by atoms with van der Waals surface area (Å²) in [6.07, 6.45) is -0.402. The summed E-state index contributed by atoms with van der Waals surface area (Å²) in [5.41, 5.74) is 2.78. The highest BCUT2D eigenvalue weighted by Crippen LogP contribution is 2.57. The maximum atomic E-state index is 12.8. The summed E-state index contributed by atoms with van der Waals surface area (Å²) in [7, 11) is 0. The zero-order valence-electron chi connectivity index (χ0n) is 12.6. The molecule has 1 heterocycles. The number of benzene rings is 1. The average Bonchev–Trinajstić information content (AvgIpc) is 3.07. The summed E-state index contributed by atoms with van der Waals surface area (Å²) in [4.78, 5) is 24.8. The van der Waals surface area contributed by atoms with Gasteiger partial charge in [-0.05, 0) is 31.4 Å². The molecule has 0 aromatic heterocycles. The number of amides is 1. The lowest BCUT2D eigenvalue weighted by atomic mass is 9.78. The molecule has 1 saturated heterocycles. The van der Waals surface area contributed by atoms with Crippen LogP contribution in [0.5, 0.6) is 0 Å². The van der Waals surface area contributed by atoms with E-state index in [1.807, 2.05) is 32.0 Å². The van der Waals surface area contributed by atoms with Gasteiger partial charge in [0.15, 0.2) is 0 Å². The highest BCUT2D eigenvalue weighted by molar-refractivity contribution is 5.98. The number of nitrogens with one attached hydrogen (secondary N) is 1. The largest absolute Gasteiger partial charge is 0.459 e. The van der Waals surface area contributed by atoms with Crippen LogP contribution in [-0.2, 0) is 14.3 Å². The molecule has 4 rings (SSSR count). The number of ether oxygens (including phenoxy) is 1. The van der Waals surface area contributed by atoms with Gasteiger partial charge in [-0.2, -0.15) is 0 Å². The van der Waals surface area contributed by atoms with Gasteiger partial charge in [-0.1, -0.05) is 18.2 Å². The number of carbonyl (C=O) groups excluding carboxylic acids is 2. The summed E-state index contributed by atoms with van der Waals surface area (Å²) in [5.74, 6) is -1.54. The van der Waals surface area contributed by atoms with E-state index in [2.05, 4.69) is 5.32 Å². The fourth-order valence-electron chi connectivity index (χ4n) is 4.59. The third kappa shape index (κ3) is 1.69. The first-order chi connectivity index (χ1) is 10.5. The van der Waals surface area contributed by atoms with E-state index in [0.29, 0.717) is 6.42 Å². The van der Waals surface area contributed by atoms with Gasteiger partial charge >= 0.3 is 5.97 Å². The van der Waals surface area contributed by atoms with Crippen molar-refractivity contribution in [3.63, 3.8) is 0 Å². The highest BCUT2D eigenvalue weighted by Gasteiger charge is 2.68. The molecule has 1 amide bonds. The molecule has 0 spiro atoms. The number of para-hydroxylation sites is 1. The van der Waals surface area contributed by atoms with Crippen LogP contribution in [0.1, 0.15) is 17.5 Å². The standard InChI is InChI=1S/C17H19NO4/c1-7-4-3-5-8(2)13(7)18-16(20)11-9-6-10-12(11)17(21)22-15(10)14(9)19/h3-5,9-12,14-15,19H,6H2,1-2H3,(H,18,20)/t9-,10-,11-,12-,14-,15+/m1/s1. The number of fused-ring (bicyclic) bond motifs is 1. The summed E-state index contributed by atoms with van der Waals surface area (Å²) in [5, 5.41) is 13.2. The number of esters is 1. The molecule has 2 aliphatic carbocycles. The van der Waals surface area contributed by atoms with Crippen LogP contribution < -0.4 is 5.32 Å². The number of hydrogen-bond donors (Lipinski definition) is 2. The first-order valence-electron chi connectivity index (χ1n) is 7.74. The van der Waals surface area contributed by atoms with E-state index in [1.54, 1.807) is 0 Å². The van der Waals surface area contributed by atoms with Crippen LogP contribution in [-0.4, -0.2) is 29.2 Å². The summed E-state index contributed by atoms with van der Waals surface area (Å²) in [6, 6.07) is 5.83. The normalized spacial score (nSPS) is 38.2. The molecule has 2 N–H and O–H groups in total. The zero-order valence-corrected chi connectivity index (χ0v) is 12.6. The van der Waals surface area contributed by atoms with Crippen LogP contribution in [0, 0.1) is 37.5 Å². The van der Waals surface area contributed by atoms with Crippen molar-refractivity contribution >= 4 is 17.6 Å². The van der Waals surface area contributed by atoms with Crippen LogP contribution in [0.2, 0.25) is 0 Å². The summed E-state index contributed by atoms with van der Waals surface area (Å²) >= 11 is 0. The summed E-state index contributed by atoms with van der Waals surface area (Å²) in [6.45, 7) is 3.89. The van der Waals surface area contributed by atoms with Gasteiger partial charge in [0.2, 0.25) is 5.91 Å². The molecule has 2 bridgehead atoms. The van der Waals surface area contributed by atoms with E-state index in [1.165, 1.54) is 0 Å². The van der Waals surface area contributed by atoms with Gasteiger partial charge in [-0.15, -0.1) is 0 Å². The second-order valence-electron chi connectivity index (χ2n) is 6.76. The van der Waals surface area contributed by atoms with Gasteiger partial charge in [0.1, 0.15) is 6.10 Å². The van der Waals surface area contributed by atoms with E-state index in [0.717, 1.165) is 16.8 Å². The Morgan fingerprint density at radius 2 is 1.95 bits per heavy atom. The fraction of sp³-hybridized carbons (Fsp3) is 0.529. The zero-order chi connectivity index (χ0) is 15.6. The average molecular weight is 301 g/mol. The van der Waals surface area contributed by atoms with Gasteiger partial charge in [0, 0.05) is 17.5 Å². The monoisotopic (exact) mass is 301 g/mol. The van der Waals surface area contributed by atoms with Gasteiger partial charge in [0.05, 0.1) is 17.9 Å². The van der Waals surface area contributed by atoms with E-state index < -0.39 is 18.1 Å². The Labute approximate surface area is 128 Å². The van der Waals surface area contributed by atoms with E-state index in [4.69, 9.17) is 4.74 Å². The Balaban J connectivity index is 1.63. The van der Waals surface area contributed by atoms with Crippen molar-refractivity contribution in [2.75, 3.05) is 5.32 Å². The first-order valence-corrected chi connectivity index (χ1v) is 7.74. The number of carbonyl (C=O) groups is 2. The highest BCUT2D eigenvalue weighted by atomic mass is 16.6. The smallest absolute Gasteiger partial charge is 0.310 e. The van der Waals surface area contributed by atoms with Crippen molar-refractivity contribution in [3.8, 4) is 0 Å². The molecule has 3 fully saturated rings. The summed E-state index contributed by atoms with van der Waals surface area (Å²) < 4.78 is 5.26. The van der Waals surface area contributed by atoms with Crippen LogP contribution in [0.3, 0.4) is 0 Å². The van der Waals surface area contributed by atoms with E-state index in [9.17, 15) is 14.7 Å². The fourth-order valence-corrected chi connectivity index (χ4v) is 4.59. The molecule has 2 saturated carbocycles. The van der Waals surface area contributed by atoms with Crippen LogP contribution >= 0.6 is 0 Å². The van der Waals surface area contributed by atoms with Gasteiger partial charge in [0.25, 0.3) is 0 Å². The van der Waals surface area contributed by atoms with Crippen molar-refractivity contribution in [2.45, 2.75) is 32.5 Å². The third-order valence-electron chi connectivity index (χ3n) is 5.61. The number of hydrogen-bond acceptors (Lipinski definition) is 4. The number of aliphatic hydroxyl groups is 1. The van der Waals surface area contributed by atoms with E-state index >= 15 is 0 Å². The third-order valence-corrected chi connectivity index (χ3v) is 5.61. The minimum Gasteiger partial charge on any atom is -0.459 e. The molecule has 0 radical (unpaired) electrons. The quantitative estimate of drug-likeness (QED) is 0.810. The molecule has 1 aromatic rings. The Bertz CT molecular complexity index is 650. The van der Waals surface area contributed by atoms with E-state index in [-0.39, 0.29) is 29.6 Å². The predicted molar refractivity (Wildman–Crippen MR) is 79.0 cm³/mol. The second-order valence-corrected chi connectivity index (χ2v) is 6.76. The molecule has 3 aliphatic rings. The first kappa shape index (κ1) is 13.8. The molecule has 0 unspecified atom stereocenters. The molecule has 5 heteroatoms. The topological polar surface area (TPSA) is 75.6 Å². The molecular weight excluding hydrogens is 282 g/mol. The van der Waals surface area contributed by atoms with Crippen LogP contribution in [0.4, 0.5) is 5.69 Å². The molecule has 1 aromatic carbocycles. The predicted octanol–water partition coefficient (Wildman–Crippen LogP) is 1.41. The van der Waals surface area contributed by atoms with Crippen molar-refractivity contribution < 1.29 is 19.4 Å². The maximum absolute atomic E-state index is 12.8. The minimum atomic E-state index is -0.707. The van der Waals surface area contributed by atoms with Crippen LogP contribution in [0.25, 0.3) is 0 Å². The Morgan fingerprint density at radius 3 is 2.64 bits per heavy atom. The Morgan fingerprint density at radius 1 is 1.27 bits per heavy atom. The molecule has 5 nitrogen and oxygen atoms in total. The van der Waals surface area contributed by atoms with Crippen LogP contribution in [0.15, 0.2) is 18.2 Å². The number of anilines is 1. The molecule has 1 aliphatic heterocycles. The number of rotatable bonds is 2. The Kier molecular flexibility index (Phi) is 2.85. The molecule has 6 atom stereocenters. The van der Waals surface area contributed by atoms with Gasteiger partial charge in [-0.3, -0.25) is 9.59 Å². The number of aryl methyl sites for hydroxylation is 2. The number of aliphatic hydroxyl groups excluding tert-OH is 1. The lowest BCUT2D eigenvalue weighted by molar-refractivity contribution is -0.146. The van der Waals surface area contributed by atoms with Crippen molar-refractivity contribution in [3.05, 3.63) is 29.3 Å². The molecule has 116 valence electrons. The van der Waals surface area contributed by atoms with Crippen molar-refractivity contribution in [2.24, 2.45) is 23.7 Å². The molecule has 22 heavy (non-hydrogen) atoms. The van der Waals surface area contributed by atoms with Crippen molar-refractivity contribution in [1.82, 2.24) is 0 Å². The molecular formula is C17H19NO4. The van der Waals surface area contributed by atoms with Gasteiger partial charge in [-0.25, -0.2) is 0 Å². The van der Waals surface area contributed by atoms with Crippen molar-refractivity contribution in [1.29, 1.82) is 0 Å². The second kappa shape index (κ2) is 4.56. The Hall–Kier alpha value is -1.88. The SMILES string of the molecule is Cc1cccc(C)c1NC(=O)[C@@H]1[C@H]2C[C@H]3[C@H](OC(=O)[C@H]31)[C@@H]2O.